The van der Waals surface area contributed by atoms with Crippen molar-refractivity contribution in [1.82, 2.24) is 15.1 Å². The molecule has 4 rings (SSSR count). The van der Waals surface area contributed by atoms with Crippen LogP contribution in [0.4, 0.5) is 18.0 Å². The van der Waals surface area contributed by atoms with E-state index in [1.54, 1.807) is 19.9 Å². The molecule has 1 fully saturated rings. The highest BCUT2D eigenvalue weighted by Gasteiger charge is 2.53. The quantitative estimate of drug-likeness (QED) is 0.687. The van der Waals surface area contributed by atoms with Gasteiger partial charge in [-0.25, -0.2) is 14.3 Å². The van der Waals surface area contributed by atoms with E-state index in [1.807, 2.05) is 0 Å². The summed E-state index contributed by atoms with van der Waals surface area (Å²) in [4.78, 5) is 25.1. The molecule has 10 heteroatoms. The van der Waals surface area contributed by atoms with Gasteiger partial charge in [0.1, 0.15) is 0 Å². The van der Waals surface area contributed by atoms with Crippen molar-refractivity contribution in [2.45, 2.75) is 51.3 Å². The van der Waals surface area contributed by atoms with Crippen LogP contribution in [-0.2, 0) is 20.4 Å². The Balaban J connectivity index is 1.80. The third kappa shape index (κ3) is 3.85. The van der Waals surface area contributed by atoms with Gasteiger partial charge in [-0.2, -0.15) is 18.3 Å². The Morgan fingerprint density at radius 2 is 2.00 bits per heavy atom. The molecule has 0 unspecified atom stereocenters. The number of benzene rings is 1. The predicted octanol–water partition coefficient (Wildman–Crippen LogP) is 4.66. The number of alkyl halides is 3. The van der Waals surface area contributed by atoms with Crippen molar-refractivity contribution in [3.05, 3.63) is 47.3 Å². The molecule has 0 bridgehead atoms. The molecule has 1 aliphatic carbocycles. The Hall–Kier alpha value is -3.30. The average Bonchev–Trinajstić information content (AvgIpc) is 3.41. The van der Waals surface area contributed by atoms with Gasteiger partial charge in [-0.15, -0.1) is 0 Å². The molecular formula is C22H22F3N3O4. The summed E-state index contributed by atoms with van der Waals surface area (Å²) in [5.41, 5.74) is -0.891. The molecule has 32 heavy (non-hydrogen) atoms. The monoisotopic (exact) mass is 449 g/mol. The number of nitrogens with zero attached hydrogens (tertiary/aromatic N) is 2. The Kier molecular flexibility index (Phi) is 5.47. The number of hydrogen-bond acceptors (Lipinski definition) is 5. The van der Waals surface area contributed by atoms with Gasteiger partial charge < -0.3 is 14.8 Å². The summed E-state index contributed by atoms with van der Waals surface area (Å²) >= 11 is 0. The van der Waals surface area contributed by atoms with E-state index in [0.717, 1.165) is 25.0 Å². The highest BCUT2D eigenvalue weighted by Crippen LogP contribution is 2.47. The molecule has 1 aliphatic heterocycles. The van der Waals surface area contributed by atoms with Crippen molar-refractivity contribution in [1.29, 1.82) is 0 Å². The summed E-state index contributed by atoms with van der Waals surface area (Å²) in [6, 6.07) is 6.35. The first-order valence-electron chi connectivity index (χ1n) is 10.3. The van der Waals surface area contributed by atoms with Crippen LogP contribution in [0.2, 0.25) is 0 Å². The normalized spacial score (nSPS) is 17.7. The minimum atomic E-state index is -4.49. The first-order valence-corrected chi connectivity index (χ1v) is 10.3. The van der Waals surface area contributed by atoms with Crippen molar-refractivity contribution in [3.63, 3.8) is 0 Å². The van der Waals surface area contributed by atoms with Crippen LogP contribution in [0.5, 0.6) is 0 Å². The Morgan fingerprint density at radius 3 is 2.66 bits per heavy atom. The van der Waals surface area contributed by atoms with E-state index in [2.05, 4.69) is 10.4 Å². The summed E-state index contributed by atoms with van der Waals surface area (Å²) in [5.74, 6) is -0.597. The number of aryl methyl sites for hydroxylation is 1. The zero-order chi connectivity index (χ0) is 23.1. The molecule has 1 aromatic heterocycles. The SMILES string of the molecule is CCNC(=O)OC1=C(n2nc(-c3cccc(C(F)(F)F)c3)cc2C)C(=O)OC12CCCC2. The topological polar surface area (TPSA) is 82.5 Å². The van der Waals surface area contributed by atoms with E-state index in [4.69, 9.17) is 9.47 Å². The second-order valence-electron chi connectivity index (χ2n) is 7.85. The van der Waals surface area contributed by atoms with Gasteiger partial charge in [0.2, 0.25) is 0 Å². The Bertz CT molecular complexity index is 1100. The fourth-order valence-corrected chi connectivity index (χ4v) is 4.15. The van der Waals surface area contributed by atoms with Crippen molar-refractivity contribution in [3.8, 4) is 11.3 Å². The van der Waals surface area contributed by atoms with Crippen LogP contribution < -0.4 is 5.32 Å². The lowest BCUT2D eigenvalue weighted by Gasteiger charge is -2.24. The predicted molar refractivity (Wildman–Crippen MR) is 108 cm³/mol. The van der Waals surface area contributed by atoms with Gasteiger partial charge in [-0.3, -0.25) is 0 Å². The van der Waals surface area contributed by atoms with Crippen LogP contribution in [0, 0.1) is 6.92 Å². The molecule has 2 aromatic rings. The van der Waals surface area contributed by atoms with Gasteiger partial charge in [-0.1, -0.05) is 12.1 Å². The van der Waals surface area contributed by atoms with Gasteiger partial charge in [0.05, 0.1) is 11.3 Å². The number of amides is 1. The molecule has 1 N–H and O–H groups in total. The number of aromatic nitrogens is 2. The molecule has 2 heterocycles. The molecule has 1 saturated carbocycles. The number of carbonyl (C=O) groups excluding carboxylic acids is 2. The maximum Gasteiger partial charge on any atom is 0.416 e. The number of alkyl carbamates (subject to hydrolysis) is 1. The number of halogens is 3. The number of carbonyl (C=O) groups is 2. The van der Waals surface area contributed by atoms with E-state index in [-0.39, 0.29) is 22.7 Å². The first kappa shape index (κ1) is 21.9. The average molecular weight is 449 g/mol. The van der Waals surface area contributed by atoms with Gasteiger partial charge in [0.15, 0.2) is 17.1 Å². The molecular weight excluding hydrogens is 427 g/mol. The number of ether oxygens (including phenoxy) is 2. The Labute approximate surface area is 182 Å². The highest BCUT2D eigenvalue weighted by atomic mass is 19.4. The maximum absolute atomic E-state index is 13.1. The number of nitrogens with one attached hydrogen (secondary N) is 1. The van der Waals surface area contributed by atoms with E-state index in [9.17, 15) is 22.8 Å². The van der Waals surface area contributed by atoms with Crippen molar-refractivity contribution < 1.29 is 32.2 Å². The van der Waals surface area contributed by atoms with Crippen LogP contribution in [0.25, 0.3) is 17.0 Å². The third-order valence-corrected chi connectivity index (χ3v) is 5.62. The van der Waals surface area contributed by atoms with Crippen molar-refractivity contribution in [2.75, 3.05) is 6.54 Å². The smallest absolute Gasteiger partial charge is 0.416 e. The van der Waals surface area contributed by atoms with Crippen LogP contribution in [0.1, 0.15) is 43.9 Å². The summed E-state index contributed by atoms with van der Waals surface area (Å²) in [7, 11) is 0. The minimum Gasteiger partial charge on any atom is -0.446 e. The van der Waals surface area contributed by atoms with Crippen LogP contribution in [-0.4, -0.2) is 34.0 Å². The number of esters is 1. The fourth-order valence-electron chi connectivity index (χ4n) is 4.15. The van der Waals surface area contributed by atoms with Crippen molar-refractivity contribution >= 4 is 17.8 Å². The lowest BCUT2D eigenvalue weighted by atomic mass is 10.00. The zero-order valence-electron chi connectivity index (χ0n) is 17.6. The maximum atomic E-state index is 13.1. The van der Waals surface area contributed by atoms with E-state index in [0.29, 0.717) is 25.1 Å². The molecule has 1 amide bonds. The number of rotatable bonds is 4. The second kappa shape index (κ2) is 7.99. The zero-order valence-corrected chi connectivity index (χ0v) is 17.6. The van der Waals surface area contributed by atoms with E-state index >= 15 is 0 Å². The summed E-state index contributed by atoms with van der Waals surface area (Å²) in [6.07, 6.45) is -2.58. The Morgan fingerprint density at radius 1 is 1.28 bits per heavy atom. The van der Waals surface area contributed by atoms with Crippen molar-refractivity contribution in [2.24, 2.45) is 0 Å². The summed E-state index contributed by atoms with van der Waals surface area (Å²) in [5, 5.41) is 6.91. The molecule has 1 aromatic carbocycles. The summed E-state index contributed by atoms with van der Waals surface area (Å²) < 4.78 is 51.9. The third-order valence-electron chi connectivity index (χ3n) is 5.62. The first-order chi connectivity index (χ1) is 15.1. The van der Waals surface area contributed by atoms with E-state index in [1.165, 1.54) is 16.8 Å². The highest BCUT2D eigenvalue weighted by molar-refractivity contribution is 6.14. The summed E-state index contributed by atoms with van der Waals surface area (Å²) in [6.45, 7) is 3.73. The standard InChI is InChI=1S/C22H22F3N3O4/c1-3-26-20(30)31-18-17(19(29)32-21(18)9-4-5-10-21)28-13(2)11-16(27-28)14-7-6-8-15(12-14)22(23,24)25/h6-8,11-12H,3-5,9-10H2,1-2H3,(H,26,30). The lowest BCUT2D eigenvalue weighted by Crippen LogP contribution is -2.33. The molecule has 1 spiro atoms. The van der Waals surface area contributed by atoms with Crippen LogP contribution >= 0.6 is 0 Å². The molecule has 0 saturated heterocycles. The second-order valence-corrected chi connectivity index (χ2v) is 7.85. The minimum absolute atomic E-state index is 0.0334. The fraction of sp³-hybridized carbons (Fsp3) is 0.409. The molecule has 0 radical (unpaired) electrons. The van der Waals surface area contributed by atoms with Gasteiger partial charge >= 0.3 is 18.2 Å². The molecule has 7 nitrogen and oxygen atoms in total. The largest absolute Gasteiger partial charge is 0.446 e. The van der Waals surface area contributed by atoms with Gasteiger partial charge in [-0.05, 0) is 57.7 Å². The van der Waals surface area contributed by atoms with Gasteiger partial charge in [0.25, 0.3) is 0 Å². The number of hydrogen-bond donors (Lipinski definition) is 1. The van der Waals surface area contributed by atoms with Crippen LogP contribution in [0.15, 0.2) is 36.1 Å². The lowest BCUT2D eigenvalue weighted by molar-refractivity contribution is -0.146. The van der Waals surface area contributed by atoms with Crippen LogP contribution in [0.3, 0.4) is 0 Å². The molecule has 170 valence electrons. The molecule has 0 atom stereocenters. The molecule has 2 aliphatic rings. The van der Waals surface area contributed by atoms with E-state index < -0.39 is 29.4 Å². The van der Waals surface area contributed by atoms with Gasteiger partial charge in [0, 0.05) is 17.8 Å².